The van der Waals surface area contributed by atoms with Gasteiger partial charge in [0.1, 0.15) is 6.04 Å². The van der Waals surface area contributed by atoms with Crippen LogP contribution in [0.15, 0.2) is 54.6 Å². The van der Waals surface area contributed by atoms with Gasteiger partial charge in [-0.3, -0.25) is 15.0 Å². The number of benzene rings is 2. The molecule has 154 valence electrons. The lowest BCUT2D eigenvalue weighted by Crippen LogP contribution is -2.43. The molecule has 0 saturated carbocycles. The molecule has 1 amide bonds. The van der Waals surface area contributed by atoms with Crippen LogP contribution in [0.5, 0.6) is 0 Å². The molecule has 29 heavy (non-hydrogen) atoms. The smallest absolute Gasteiger partial charge is 0.244 e. The van der Waals surface area contributed by atoms with E-state index in [0.29, 0.717) is 6.54 Å². The molecule has 0 unspecified atom stereocenters. The van der Waals surface area contributed by atoms with Crippen LogP contribution in [0.1, 0.15) is 54.8 Å². The minimum absolute atomic E-state index is 0.216. The van der Waals surface area contributed by atoms with Crippen molar-refractivity contribution in [2.75, 3.05) is 26.2 Å². The highest BCUT2D eigenvalue weighted by molar-refractivity contribution is 5.83. The number of carbonyl (C=O) groups excluding carboxylic acids is 1. The number of likely N-dealkylation sites (tertiary alicyclic amines) is 2. The lowest BCUT2D eigenvalue weighted by molar-refractivity contribution is -0.134. The topological polar surface area (TPSA) is 35.6 Å². The maximum Gasteiger partial charge on any atom is 0.244 e. The molecule has 0 radical (unpaired) electrons. The summed E-state index contributed by atoms with van der Waals surface area (Å²) < 4.78 is 0. The molecule has 2 heterocycles. The Hall–Kier alpha value is -2.17. The van der Waals surface area contributed by atoms with Crippen molar-refractivity contribution < 1.29 is 4.79 Å². The summed E-state index contributed by atoms with van der Waals surface area (Å²) in [5.41, 5.74) is 3.73. The molecule has 2 aromatic carbocycles. The Morgan fingerprint density at radius 1 is 0.793 bits per heavy atom. The Morgan fingerprint density at radius 3 is 2.14 bits per heavy atom. The zero-order chi connectivity index (χ0) is 19.9. The van der Waals surface area contributed by atoms with Crippen LogP contribution >= 0.6 is 0 Å². The highest BCUT2D eigenvalue weighted by Gasteiger charge is 2.26. The molecular weight excluding hydrogens is 358 g/mol. The number of piperidine rings is 1. The second-order valence-electron chi connectivity index (χ2n) is 8.36. The van der Waals surface area contributed by atoms with Gasteiger partial charge in [-0.25, -0.2) is 0 Å². The van der Waals surface area contributed by atoms with Crippen molar-refractivity contribution in [1.29, 1.82) is 0 Å². The standard InChI is InChI=1S/C25H33N3O/c29-25(28-17-7-2-8-18-28)24(21-11-3-1-4-12-21)26-19-22-13-5-6-14-23(22)20-27-15-9-10-16-27/h1,3-6,11-14,24,26H,2,7-10,15-20H2/t24-/m0/s1. The molecule has 4 nitrogen and oxygen atoms in total. The highest BCUT2D eigenvalue weighted by atomic mass is 16.2. The Kier molecular flexibility index (Phi) is 6.96. The Morgan fingerprint density at radius 2 is 1.41 bits per heavy atom. The van der Waals surface area contributed by atoms with E-state index in [-0.39, 0.29) is 11.9 Å². The monoisotopic (exact) mass is 391 g/mol. The first-order chi connectivity index (χ1) is 14.3. The maximum absolute atomic E-state index is 13.3. The summed E-state index contributed by atoms with van der Waals surface area (Å²) >= 11 is 0. The van der Waals surface area contributed by atoms with Crippen molar-refractivity contribution in [3.63, 3.8) is 0 Å². The fourth-order valence-corrected chi connectivity index (χ4v) is 4.57. The van der Waals surface area contributed by atoms with Gasteiger partial charge in [0.05, 0.1) is 0 Å². The first-order valence-electron chi connectivity index (χ1n) is 11.2. The van der Waals surface area contributed by atoms with E-state index in [1.54, 1.807) is 0 Å². The maximum atomic E-state index is 13.3. The minimum Gasteiger partial charge on any atom is -0.341 e. The van der Waals surface area contributed by atoms with Gasteiger partial charge < -0.3 is 4.90 Å². The zero-order valence-electron chi connectivity index (χ0n) is 17.4. The Balaban J connectivity index is 1.49. The Bertz CT molecular complexity index is 780. The van der Waals surface area contributed by atoms with Gasteiger partial charge in [0.25, 0.3) is 0 Å². The van der Waals surface area contributed by atoms with Crippen molar-refractivity contribution in [3.05, 3.63) is 71.3 Å². The van der Waals surface area contributed by atoms with E-state index >= 15 is 0 Å². The van der Waals surface area contributed by atoms with Gasteiger partial charge in [-0.05, 0) is 61.9 Å². The number of rotatable bonds is 7. The summed E-state index contributed by atoms with van der Waals surface area (Å²) in [7, 11) is 0. The summed E-state index contributed by atoms with van der Waals surface area (Å²) in [5.74, 6) is 0.216. The van der Waals surface area contributed by atoms with E-state index in [1.165, 1.54) is 43.5 Å². The molecule has 0 aliphatic carbocycles. The molecule has 1 atom stereocenters. The quantitative estimate of drug-likeness (QED) is 0.771. The molecule has 2 aromatic rings. The van der Waals surface area contributed by atoms with Crippen molar-refractivity contribution in [2.45, 2.75) is 51.2 Å². The van der Waals surface area contributed by atoms with E-state index in [2.05, 4.69) is 46.6 Å². The second-order valence-corrected chi connectivity index (χ2v) is 8.36. The van der Waals surface area contributed by atoms with Crippen molar-refractivity contribution in [1.82, 2.24) is 15.1 Å². The van der Waals surface area contributed by atoms with Crippen LogP contribution in [-0.2, 0) is 17.9 Å². The third-order valence-corrected chi connectivity index (χ3v) is 6.26. The van der Waals surface area contributed by atoms with Crippen molar-refractivity contribution >= 4 is 5.91 Å². The fourth-order valence-electron chi connectivity index (χ4n) is 4.57. The van der Waals surface area contributed by atoms with Crippen LogP contribution in [0, 0.1) is 0 Å². The lowest BCUT2D eigenvalue weighted by atomic mass is 10.0. The number of nitrogens with one attached hydrogen (secondary N) is 1. The third kappa shape index (κ3) is 5.26. The Labute approximate surface area is 174 Å². The van der Waals surface area contributed by atoms with E-state index in [4.69, 9.17) is 0 Å². The summed E-state index contributed by atoms with van der Waals surface area (Å²) in [6.45, 7) is 5.88. The summed E-state index contributed by atoms with van der Waals surface area (Å²) in [5, 5.41) is 3.60. The van der Waals surface area contributed by atoms with Crippen LogP contribution < -0.4 is 5.32 Å². The molecule has 2 aliphatic rings. The first-order valence-corrected chi connectivity index (χ1v) is 11.2. The van der Waals surface area contributed by atoms with Gasteiger partial charge in [0, 0.05) is 26.2 Å². The van der Waals surface area contributed by atoms with E-state index in [1.807, 2.05) is 23.1 Å². The van der Waals surface area contributed by atoms with Gasteiger partial charge in [-0.2, -0.15) is 0 Å². The highest BCUT2D eigenvalue weighted by Crippen LogP contribution is 2.21. The van der Waals surface area contributed by atoms with Gasteiger partial charge in [-0.1, -0.05) is 54.6 Å². The fraction of sp³-hybridized carbons (Fsp3) is 0.480. The predicted octanol–water partition coefficient (Wildman–Crippen LogP) is 4.13. The molecule has 4 rings (SSSR count). The van der Waals surface area contributed by atoms with Crippen molar-refractivity contribution in [2.24, 2.45) is 0 Å². The zero-order valence-corrected chi connectivity index (χ0v) is 17.4. The predicted molar refractivity (Wildman–Crippen MR) is 117 cm³/mol. The van der Waals surface area contributed by atoms with Gasteiger partial charge >= 0.3 is 0 Å². The van der Waals surface area contributed by atoms with Crippen LogP contribution in [0.25, 0.3) is 0 Å². The average molecular weight is 392 g/mol. The van der Waals surface area contributed by atoms with Gasteiger partial charge in [0.2, 0.25) is 5.91 Å². The summed E-state index contributed by atoms with van der Waals surface area (Å²) in [4.78, 5) is 17.9. The lowest BCUT2D eigenvalue weighted by Gasteiger charge is -2.31. The number of nitrogens with zero attached hydrogens (tertiary/aromatic N) is 2. The average Bonchev–Trinajstić information content (AvgIpc) is 3.29. The van der Waals surface area contributed by atoms with Gasteiger partial charge in [-0.15, -0.1) is 0 Å². The number of hydrogen-bond acceptors (Lipinski definition) is 3. The summed E-state index contributed by atoms with van der Waals surface area (Å²) in [6.07, 6.45) is 6.08. The largest absolute Gasteiger partial charge is 0.341 e. The molecule has 0 bridgehead atoms. The number of carbonyl (C=O) groups is 1. The molecule has 4 heteroatoms. The SMILES string of the molecule is O=C([C@@H](NCc1ccccc1CN1CCCC1)c1ccccc1)N1CCCCC1. The van der Waals surface area contributed by atoms with E-state index < -0.39 is 0 Å². The molecule has 2 aliphatic heterocycles. The van der Waals surface area contributed by atoms with E-state index in [9.17, 15) is 4.79 Å². The van der Waals surface area contributed by atoms with Crippen LogP contribution in [0.4, 0.5) is 0 Å². The summed E-state index contributed by atoms with van der Waals surface area (Å²) in [6, 6.07) is 18.6. The second kappa shape index (κ2) is 10.0. The van der Waals surface area contributed by atoms with Gasteiger partial charge in [0.15, 0.2) is 0 Å². The molecule has 0 aromatic heterocycles. The molecule has 0 spiro atoms. The normalized spacial score (nSPS) is 18.7. The molecule has 2 saturated heterocycles. The minimum atomic E-state index is -0.283. The van der Waals surface area contributed by atoms with E-state index in [0.717, 1.165) is 38.0 Å². The third-order valence-electron chi connectivity index (χ3n) is 6.26. The number of amides is 1. The molecule has 2 fully saturated rings. The van der Waals surface area contributed by atoms with Crippen LogP contribution in [0.3, 0.4) is 0 Å². The first kappa shape index (κ1) is 20.1. The van der Waals surface area contributed by atoms with Crippen LogP contribution in [-0.4, -0.2) is 41.9 Å². The molecular formula is C25H33N3O. The van der Waals surface area contributed by atoms with Crippen LogP contribution in [0.2, 0.25) is 0 Å². The number of hydrogen-bond donors (Lipinski definition) is 1. The molecule has 1 N–H and O–H groups in total. The van der Waals surface area contributed by atoms with Crippen molar-refractivity contribution in [3.8, 4) is 0 Å².